The van der Waals surface area contributed by atoms with E-state index in [0.717, 1.165) is 29.8 Å². The highest BCUT2D eigenvalue weighted by atomic mass is 16.3. The summed E-state index contributed by atoms with van der Waals surface area (Å²) in [5.74, 6) is 0. The quantitative estimate of drug-likeness (QED) is 0.166. The topological polar surface area (TPSA) is 19.6 Å². The first kappa shape index (κ1) is 39.6. The van der Waals surface area contributed by atoms with Crippen LogP contribution in [-0.4, -0.2) is 6.71 Å². The van der Waals surface area contributed by atoms with Crippen molar-refractivity contribution in [2.75, 3.05) is 9.80 Å². The van der Waals surface area contributed by atoms with Gasteiger partial charge in [0.25, 0.3) is 6.71 Å². The molecule has 0 saturated heterocycles. The summed E-state index contributed by atoms with van der Waals surface area (Å²) in [7, 11) is 0. The highest BCUT2D eigenvalue weighted by molar-refractivity contribution is 7.00. The van der Waals surface area contributed by atoms with Gasteiger partial charge in [0, 0.05) is 33.8 Å². The molecule has 0 amide bonds. The molecule has 0 atom stereocenters. The van der Waals surface area contributed by atoms with Crippen molar-refractivity contribution in [3.8, 4) is 11.1 Å². The second-order valence-corrected chi connectivity index (χ2v) is 21.9. The minimum Gasteiger partial charge on any atom is -0.468 e. The Morgan fingerprint density at radius 2 is 1.18 bits per heavy atom. The van der Waals surface area contributed by atoms with E-state index >= 15 is 0 Å². The van der Waals surface area contributed by atoms with Crippen LogP contribution in [0.1, 0.15) is 121 Å². The van der Waals surface area contributed by atoms with Crippen LogP contribution < -0.4 is 26.4 Å². The fourth-order valence-corrected chi connectivity index (χ4v) is 10.8. The zero-order valence-electron chi connectivity index (χ0n) is 38.7. The molecular weight excluding hydrogens is 739 g/mol. The van der Waals surface area contributed by atoms with Crippen LogP contribution >= 0.6 is 0 Å². The van der Waals surface area contributed by atoms with Crippen LogP contribution in [0.15, 0.2) is 114 Å². The molecule has 2 aliphatic heterocycles. The Labute approximate surface area is 364 Å². The average Bonchev–Trinajstić information content (AvgIpc) is 3.57. The largest absolute Gasteiger partial charge is 0.468 e. The molecule has 0 fully saturated rings. The Morgan fingerprint density at radius 1 is 0.574 bits per heavy atom. The Morgan fingerprint density at radius 3 is 1.82 bits per heavy atom. The van der Waals surface area contributed by atoms with Crippen LogP contribution in [0.2, 0.25) is 0 Å². The van der Waals surface area contributed by atoms with Crippen LogP contribution in [0.4, 0.5) is 34.1 Å². The number of furan rings is 1. The van der Waals surface area contributed by atoms with Gasteiger partial charge in [-0.05, 0) is 171 Å². The van der Waals surface area contributed by atoms with Gasteiger partial charge in [-0.3, -0.25) is 0 Å². The summed E-state index contributed by atoms with van der Waals surface area (Å²) in [4.78, 5) is 5.10. The first-order valence-corrected chi connectivity index (χ1v) is 22.5. The number of nitrogens with zero attached hydrogens (tertiary/aromatic N) is 2. The van der Waals surface area contributed by atoms with E-state index in [0.29, 0.717) is 0 Å². The van der Waals surface area contributed by atoms with Crippen LogP contribution in [0, 0.1) is 20.8 Å². The van der Waals surface area contributed by atoms with Gasteiger partial charge in [-0.1, -0.05) is 124 Å². The maximum atomic E-state index is 7.49. The lowest BCUT2D eigenvalue weighted by Gasteiger charge is -2.43. The van der Waals surface area contributed by atoms with Gasteiger partial charge in [-0.25, -0.2) is 0 Å². The van der Waals surface area contributed by atoms with Crippen molar-refractivity contribution >= 4 is 68.4 Å². The molecular formula is C57H61BN2O. The molecule has 3 aliphatic rings. The van der Waals surface area contributed by atoms with Gasteiger partial charge in [0.15, 0.2) is 0 Å². The molecule has 308 valence electrons. The van der Waals surface area contributed by atoms with Gasteiger partial charge < -0.3 is 14.2 Å². The molecule has 3 nitrogen and oxygen atoms in total. The lowest BCUT2D eigenvalue weighted by Crippen LogP contribution is -2.61. The predicted octanol–water partition coefficient (Wildman–Crippen LogP) is 14.1. The predicted molar refractivity (Wildman–Crippen MR) is 263 cm³/mol. The Kier molecular flexibility index (Phi) is 8.62. The number of fused-ring (bicyclic) bond motifs is 7. The zero-order valence-corrected chi connectivity index (χ0v) is 38.7. The third-order valence-corrected chi connectivity index (χ3v) is 14.5. The van der Waals surface area contributed by atoms with Gasteiger partial charge in [0.1, 0.15) is 5.58 Å². The third kappa shape index (κ3) is 6.14. The van der Waals surface area contributed by atoms with Gasteiger partial charge >= 0.3 is 0 Å². The highest BCUT2D eigenvalue weighted by Gasteiger charge is 2.48. The molecule has 61 heavy (non-hydrogen) atoms. The van der Waals surface area contributed by atoms with Crippen LogP contribution in [0.3, 0.4) is 0 Å². The standard InChI is InChI=1S/C57H61BN2O/c1-34-28-48-51-49(29-34)60(46-24-18-37(30-36(46)3)41-17-15-14-16-35(41)2)47-25-21-39(55(7,8)9)31-45(47)58(51)53-52(59(48)40-22-19-38(20-23-40)54(4,5)6)42-32-43-44(33-50(42)61-53)57(12,13)27-26-56(43,10)11/h14-25,28-33H,26-27H2,1-13H3. The lowest BCUT2D eigenvalue weighted by atomic mass is 9.35. The van der Waals surface area contributed by atoms with Crippen LogP contribution in [-0.2, 0) is 21.7 Å². The first-order valence-electron chi connectivity index (χ1n) is 22.5. The summed E-state index contributed by atoms with van der Waals surface area (Å²) in [5.41, 5.74) is 23.7. The Bertz CT molecular complexity index is 2930. The normalized spacial score (nSPS) is 16.3. The number of anilines is 6. The van der Waals surface area contributed by atoms with Crippen molar-refractivity contribution in [3.63, 3.8) is 0 Å². The molecule has 7 aromatic rings. The maximum absolute atomic E-state index is 7.49. The second-order valence-electron chi connectivity index (χ2n) is 21.9. The molecule has 4 heteroatoms. The highest BCUT2D eigenvalue weighted by Crippen LogP contribution is 2.52. The van der Waals surface area contributed by atoms with Gasteiger partial charge in [-0.2, -0.15) is 0 Å². The summed E-state index contributed by atoms with van der Waals surface area (Å²) < 4.78 is 7.49. The van der Waals surface area contributed by atoms with Crippen molar-refractivity contribution in [1.82, 2.24) is 0 Å². The monoisotopic (exact) mass is 800 g/mol. The molecule has 1 aromatic heterocycles. The first-order chi connectivity index (χ1) is 28.7. The smallest absolute Gasteiger partial charge is 0.297 e. The van der Waals surface area contributed by atoms with E-state index in [-0.39, 0.29) is 28.4 Å². The average molecular weight is 801 g/mol. The Hall–Kier alpha value is -5.48. The van der Waals surface area contributed by atoms with Crippen molar-refractivity contribution in [2.24, 2.45) is 0 Å². The lowest BCUT2D eigenvalue weighted by molar-refractivity contribution is 0.332. The van der Waals surface area contributed by atoms with E-state index in [4.69, 9.17) is 4.42 Å². The molecule has 0 spiro atoms. The molecule has 0 unspecified atom stereocenters. The van der Waals surface area contributed by atoms with Gasteiger partial charge in [0.2, 0.25) is 0 Å². The number of hydrogen-bond acceptors (Lipinski definition) is 3. The molecule has 0 saturated carbocycles. The number of rotatable bonds is 3. The summed E-state index contributed by atoms with van der Waals surface area (Å²) in [6.07, 6.45) is 2.32. The molecule has 0 N–H and O–H groups in total. The second kappa shape index (κ2) is 13.3. The molecule has 3 heterocycles. The van der Waals surface area contributed by atoms with E-state index in [9.17, 15) is 0 Å². The molecule has 1 aliphatic carbocycles. The SMILES string of the molecule is Cc1cc2c3c(c1)N(c1ccc(C(C)(C)C)cc1)c1c(oc4cc5c(cc14)C(C)(C)CCC5(C)C)B3c1cc(C(C)(C)C)ccc1N2c1ccc(-c2ccccc2C)cc1C. The minimum atomic E-state index is -0.101. The number of hydrogen-bond donors (Lipinski definition) is 0. The minimum absolute atomic E-state index is 0.0379. The third-order valence-electron chi connectivity index (χ3n) is 14.5. The van der Waals surface area contributed by atoms with Crippen molar-refractivity contribution in [3.05, 3.63) is 148 Å². The number of aryl methyl sites for hydroxylation is 3. The van der Waals surface area contributed by atoms with E-state index in [1.165, 1.54) is 94.8 Å². The van der Waals surface area contributed by atoms with E-state index in [1.807, 2.05) is 0 Å². The molecule has 10 rings (SSSR count). The summed E-state index contributed by atoms with van der Waals surface area (Å²) in [6, 6.07) is 42.1. The Balaban J connectivity index is 1.30. The summed E-state index contributed by atoms with van der Waals surface area (Å²) in [5, 5.41) is 1.20. The van der Waals surface area contributed by atoms with E-state index < -0.39 is 0 Å². The summed E-state index contributed by atoms with van der Waals surface area (Å²) >= 11 is 0. The van der Waals surface area contributed by atoms with E-state index in [2.05, 4.69) is 209 Å². The van der Waals surface area contributed by atoms with Gasteiger partial charge in [-0.15, -0.1) is 0 Å². The zero-order chi connectivity index (χ0) is 43.1. The van der Waals surface area contributed by atoms with E-state index in [1.54, 1.807) is 0 Å². The van der Waals surface area contributed by atoms with Crippen LogP contribution in [0.25, 0.3) is 22.1 Å². The van der Waals surface area contributed by atoms with Gasteiger partial charge in [0.05, 0.1) is 11.3 Å². The summed E-state index contributed by atoms with van der Waals surface area (Å²) in [6.45, 7) is 30.2. The van der Waals surface area contributed by atoms with Crippen molar-refractivity contribution in [2.45, 2.75) is 125 Å². The molecule has 0 bridgehead atoms. The van der Waals surface area contributed by atoms with Crippen LogP contribution in [0.5, 0.6) is 0 Å². The fourth-order valence-electron chi connectivity index (χ4n) is 10.8. The van der Waals surface area contributed by atoms with Crippen molar-refractivity contribution < 1.29 is 4.42 Å². The molecule has 0 radical (unpaired) electrons. The number of benzene rings is 6. The van der Waals surface area contributed by atoms with Crippen molar-refractivity contribution in [1.29, 1.82) is 0 Å². The molecule has 6 aromatic carbocycles. The fraction of sp³-hybridized carbons (Fsp3) is 0.333. The maximum Gasteiger partial charge on any atom is 0.297 e.